The highest BCUT2D eigenvalue weighted by Crippen LogP contribution is 2.29. The van der Waals surface area contributed by atoms with Crippen LogP contribution in [0.1, 0.15) is 32.1 Å². The number of piperazine rings is 1. The van der Waals surface area contributed by atoms with E-state index in [0.29, 0.717) is 61.8 Å². The third-order valence-corrected chi connectivity index (χ3v) is 7.15. The van der Waals surface area contributed by atoms with E-state index in [1.807, 2.05) is 24.3 Å². The number of carbonyl (C=O) groups is 3. The third-order valence-electron chi connectivity index (χ3n) is 7.15. The number of ether oxygens (including phenoxy) is 1. The molecule has 198 valence electrons. The van der Waals surface area contributed by atoms with Crippen molar-refractivity contribution in [1.29, 1.82) is 0 Å². The molecule has 3 amide bonds. The average Bonchev–Trinajstić information content (AvgIpc) is 3.33. The molecular weight excluding hydrogens is 488 g/mol. The average molecular weight is 519 g/mol. The SMILES string of the molecule is COc1ccc(-n2nc(C(N)=O)c3c2C(=O)N(c2cccc(CCN4CCN(C(=O)O)CC4)c2)CC3)cc1. The lowest BCUT2D eigenvalue weighted by Crippen LogP contribution is -2.48. The quantitative estimate of drug-likeness (QED) is 0.489. The highest BCUT2D eigenvalue weighted by atomic mass is 16.5. The Morgan fingerprint density at radius 1 is 1.03 bits per heavy atom. The fraction of sp³-hybridized carbons (Fsp3) is 0.333. The van der Waals surface area contributed by atoms with Gasteiger partial charge in [-0.05, 0) is 54.8 Å². The number of methoxy groups -OCH3 is 1. The topological polar surface area (TPSA) is 134 Å². The molecule has 3 heterocycles. The van der Waals surface area contributed by atoms with Gasteiger partial charge in [-0.3, -0.25) is 14.5 Å². The van der Waals surface area contributed by atoms with Gasteiger partial charge in [0.05, 0.1) is 12.8 Å². The fourth-order valence-corrected chi connectivity index (χ4v) is 5.04. The lowest BCUT2D eigenvalue weighted by Gasteiger charge is -2.33. The molecule has 0 radical (unpaired) electrons. The van der Waals surface area contributed by atoms with Gasteiger partial charge in [0.25, 0.3) is 11.8 Å². The minimum absolute atomic E-state index is 0.112. The number of benzene rings is 2. The van der Waals surface area contributed by atoms with Crippen molar-refractivity contribution in [1.82, 2.24) is 19.6 Å². The van der Waals surface area contributed by atoms with Crippen LogP contribution in [0.2, 0.25) is 0 Å². The number of carboxylic acid groups (broad SMARTS) is 1. The number of anilines is 1. The van der Waals surface area contributed by atoms with Crippen LogP contribution in [-0.2, 0) is 12.8 Å². The molecule has 0 atom stereocenters. The van der Waals surface area contributed by atoms with Gasteiger partial charge in [0.2, 0.25) is 0 Å². The predicted molar refractivity (Wildman–Crippen MR) is 140 cm³/mol. The monoisotopic (exact) mass is 518 g/mol. The van der Waals surface area contributed by atoms with Crippen LogP contribution in [0.4, 0.5) is 10.5 Å². The summed E-state index contributed by atoms with van der Waals surface area (Å²) in [6.07, 6.45) is 0.361. The van der Waals surface area contributed by atoms with E-state index >= 15 is 0 Å². The summed E-state index contributed by atoms with van der Waals surface area (Å²) in [6, 6.07) is 15.0. The first-order valence-corrected chi connectivity index (χ1v) is 12.5. The summed E-state index contributed by atoms with van der Waals surface area (Å²) >= 11 is 0. The minimum Gasteiger partial charge on any atom is -0.497 e. The third kappa shape index (κ3) is 4.92. The number of amides is 3. The van der Waals surface area contributed by atoms with E-state index in [2.05, 4.69) is 10.00 Å². The molecule has 0 bridgehead atoms. The van der Waals surface area contributed by atoms with Gasteiger partial charge < -0.3 is 25.4 Å². The van der Waals surface area contributed by atoms with Gasteiger partial charge in [-0.25, -0.2) is 9.48 Å². The first-order chi connectivity index (χ1) is 18.4. The Morgan fingerprint density at radius 3 is 2.42 bits per heavy atom. The first kappa shape index (κ1) is 25.3. The van der Waals surface area contributed by atoms with Gasteiger partial charge >= 0.3 is 6.09 Å². The summed E-state index contributed by atoms with van der Waals surface area (Å²) < 4.78 is 6.72. The lowest BCUT2D eigenvalue weighted by atomic mass is 10.0. The Labute approximate surface area is 220 Å². The summed E-state index contributed by atoms with van der Waals surface area (Å²) in [5, 5.41) is 13.6. The molecule has 1 aromatic heterocycles. The van der Waals surface area contributed by atoms with Crippen LogP contribution in [0.5, 0.6) is 5.75 Å². The second-order valence-corrected chi connectivity index (χ2v) is 9.39. The Bertz CT molecular complexity index is 1360. The molecule has 0 spiro atoms. The molecule has 11 heteroatoms. The molecule has 0 saturated carbocycles. The summed E-state index contributed by atoms with van der Waals surface area (Å²) in [4.78, 5) is 42.5. The molecule has 3 aromatic rings. The predicted octanol–water partition coefficient (Wildman–Crippen LogP) is 2.02. The number of nitrogens with zero attached hydrogens (tertiary/aromatic N) is 5. The maximum Gasteiger partial charge on any atom is 0.407 e. The number of aromatic nitrogens is 2. The molecular formula is C27H30N6O5. The van der Waals surface area contributed by atoms with Crippen LogP contribution in [-0.4, -0.2) is 89.0 Å². The smallest absolute Gasteiger partial charge is 0.407 e. The minimum atomic E-state index is -0.872. The van der Waals surface area contributed by atoms with E-state index in [1.54, 1.807) is 36.3 Å². The van der Waals surface area contributed by atoms with Crippen molar-refractivity contribution in [3.05, 3.63) is 71.0 Å². The number of nitrogens with two attached hydrogens (primary N) is 1. The van der Waals surface area contributed by atoms with E-state index in [1.165, 1.54) is 9.58 Å². The van der Waals surface area contributed by atoms with Crippen molar-refractivity contribution in [3.63, 3.8) is 0 Å². The zero-order chi connectivity index (χ0) is 26.8. The van der Waals surface area contributed by atoms with Crippen LogP contribution in [0.3, 0.4) is 0 Å². The number of hydrogen-bond acceptors (Lipinski definition) is 6. The van der Waals surface area contributed by atoms with E-state index < -0.39 is 12.0 Å². The van der Waals surface area contributed by atoms with Gasteiger partial charge in [0, 0.05) is 50.5 Å². The van der Waals surface area contributed by atoms with Gasteiger partial charge in [-0.1, -0.05) is 12.1 Å². The first-order valence-electron chi connectivity index (χ1n) is 12.5. The molecule has 5 rings (SSSR count). The number of hydrogen-bond donors (Lipinski definition) is 2. The summed E-state index contributed by atoms with van der Waals surface area (Å²) in [7, 11) is 1.57. The zero-order valence-corrected chi connectivity index (χ0v) is 21.2. The number of primary amides is 1. The van der Waals surface area contributed by atoms with Gasteiger partial charge in [0.1, 0.15) is 11.4 Å². The molecule has 38 heavy (non-hydrogen) atoms. The van der Waals surface area contributed by atoms with Crippen LogP contribution >= 0.6 is 0 Å². The number of fused-ring (bicyclic) bond motifs is 1. The van der Waals surface area contributed by atoms with Crippen molar-refractivity contribution < 1.29 is 24.2 Å². The van der Waals surface area contributed by atoms with Crippen LogP contribution < -0.4 is 15.4 Å². The number of carbonyl (C=O) groups excluding carboxylic acids is 2. The van der Waals surface area contributed by atoms with Crippen molar-refractivity contribution in [3.8, 4) is 11.4 Å². The molecule has 2 aromatic carbocycles. The molecule has 2 aliphatic rings. The summed E-state index contributed by atoms with van der Waals surface area (Å²) in [6.45, 7) is 3.64. The molecule has 2 aliphatic heterocycles. The van der Waals surface area contributed by atoms with Crippen molar-refractivity contribution in [2.24, 2.45) is 5.73 Å². The maximum atomic E-state index is 13.8. The van der Waals surface area contributed by atoms with E-state index in [9.17, 15) is 14.4 Å². The Kier molecular flexibility index (Phi) is 7.01. The summed E-state index contributed by atoms with van der Waals surface area (Å²) in [5.74, 6) is -0.247. The largest absolute Gasteiger partial charge is 0.497 e. The molecule has 3 N–H and O–H groups in total. The normalized spacial score (nSPS) is 15.9. The molecule has 1 fully saturated rings. The molecule has 0 unspecified atom stereocenters. The van der Waals surface area contributed by atoms with Crippen LogP contribution in [0.15, 0.2) is 48.5 Å². The number of rotatable bonds is 7. The second-order valence-electron chi connectivity index (χ2n) is 9.39. The van der Waals surface area contributed by atoms with Crippen molar-refractivity contribution in [2.75, 3.05) is 51.3 Å². The van der Waals surface area contributed by atoms with E-state index in [0.717, 1.165) is 24.2 Å². The summed E-state index contributed by atoms with van der Waals surface area (Å²) in [5.41, 5.74) is 9.10. The Hall–Kier alpha value is -4.38. The van der Waals surface area contributed by atoms with Gasteiger partial charge in [-0.15, -0.1) is 0 Å². The van der Waals surface area contributed by atoms with Gasteiger partial charge in [0.15, 0.2) is 5.69 Å². The van der Waals surface area contributed by atoms with Crippen molar-refractivity contribution in [2.45, 2.75) is 12.8 Å². The fourth-order valence-electron chi connectivity index (χ4n) is 5.04. The van der Waals surface area contributed by atoms with E-state index in [4.69, 9.17) is 15.6 Å². The van der Waals surface area contributed by atoms with Crippen LogP contribution in [0, 0.1) is 0 Å². The van der Waals surface area contributed by atoms with Crippen LogP contribution in [0.25, 0.3) is 5.69 Å². The second kappa shape index (κ2) is 10.5. The Morgan fingerprint density at radius 2 is 1.76 bits per heavy atom. The molecule has 1 saturated heterocycles. The zero-order valence-electron chi connectivity index (χ0n) is 21.2. The highest BCUT2D eigenvalue weighted by Gasteiger charge is 2.34. The maximum absolute atomic E-state index is 13.8. The molecule has 11 nitrogen and oxygen atoms in total. The standard InChI is InChI=1S/C27H30N6O5/c1-38-21-7-5-19(6-8-21)33-24-22(23(29-33)25(28)34)10-12-32(26(24)35)20-4-2-3-18(17-20)9-11-30-13-15-31(16-14-30)27(36)37/h2-8,17H,9-16H2,1H3,(H2,28,34)(H,36,37). The highest BCUT2D eigenvalue weighted by molar-refractivity contribution is 6.09. The van der Waals surface area contributed by atoms with Gasteiger partial charge in [-0.2, -0.15) is 5.10 Å². The van der Waals surface area contributed by atoms with Crippen molar-refractivity contribution >= 4 is 23.6 Å². The van der Waals surface area contributed by atoms with E-state index in [-0.39, 0.29) is 11.6 Å². The molecule has 0 aliphatic carbocycles. The Balaban J connectivity index is 1.36. The lowest BCUT2D eigenvalue weighted by molar-refractivity contribution is 0.0972.